The van der Waals surface area contributed by atoms with E-state index in [1.807, 2.05) is 35.3 Å². The molecule has 0 saturated carbocycles. The number of rotatable bonds is 7. The van der Waals surface area contributed by atoms with E-state index in [0.29, 0.717) is 0 Å². The third kappa shape index (κ3) is 5.52. The van der Waals surface area contributed by atoms with Crippen LogP contribution in [-0.2, 0) is 11.3 Å². The van der Waals surface area contributed by atoms with Crippen molar-refractivity contribution in [2.75, 3.05) is 6.61 Å². The third-order valence-electron chi connectivity index (χ3n) is 1.77. The Labute approximate surface area is 90.4 Å². The van der Waals surface area contributed by atoms with E-state index in [1.54, 1.807) is 18.5 Å². The SMILES string of the molecule is C=CC=CC=COCCCn1ccnc1. The average Bonchev–Trinajstić information content (AvgIpc) is 2.75. The van der Waals surface area contributed by atoms with Gasteiger partial charge in [0, 0.05) is 18.9 Å². The van der Waals surface area contributed by atoms with E-state index in [2.05, 4.69) is 11.6 Å². The van der Waals surface area contributed by atoms with Gasteiger partial charge < -0.3 is 9.30 Å². The maximum absolute atomic E-state index is 5.28. The highest BCUT2D eigenvalue weighted by atomic mass is 16.5. The van der Waals surface area contributed by atoms with Crippen LogP contribution < -0.4 is 0 Å². The molecule has 0 spiro atoms. The summed E-state index contributed by atoms with van der Waals surface area (Å²) in [5.74, 6) is 0. The Morgan fingerprint density at radius 1 is 1.33 bits per heavy atom. The maximum atomic E-state index is 5.28. The van der Waals surface area contributed by atoms with Crippen molar-refractivity contribution in [1.82, 2.24) is 9.55 Å². The lowest BCUT2D eigenvalue weighted by Crippen LogP contribution is -1.98. The van der Waals surface area contributed by atoms with Gasteiger partial charge in [0.25, 0.3) is 0 Å². The van der Waals surface area contributed by atoms with Gasteiger partial charge in [-0.1, -0.05) is 24.8 Å². The van der Waals surface area contributed by atoms with Gasteiger partial charge in [0.05, 0.1) is 19.2 Å². The molecule has 80 valence electrons. The molecule has 0 bridgehead atoms. The van der Waals surface area contributed by atoms with Crippen LogP contribution in [0.4, 0.5) is 0 Å². The lowest BCUT2D eigenvalue weighted by molar-refractivity contribution is 0.238. The highest BCUT2D eigenvalue weighted by Gasteiger charge is 1.88. The molecule has 1 aromatic rings. The Hall–Kier alpha value is -1.77. The molecule has 0 aromatic carbocycles. The smallest absolute Gasteiger partial charge is 0.0945 e. The van der Waals surface area contributed by atoms with Gasteiger partial charge in [-0.3, -0.25) is 0 Å². The standard InChI is InChI=1S/C12H16N2O/c1-2-3-4-5-10-15-11-6-8-14-9-7-13-12-14/h2-5,7,9-10,12H,1,6,8,11H2. The predicted molar refractivity (Wildman–Crippen MR) is 61.3 cm³/mol. The molecule has 0 aliphatic rings. The molecule has 0 fully saturated rings. The van der Waals surface area contributed by atoms with Crippen LogP contribution in [0.1, 0.15) is 6.42 Å². The van der Waals surface area contributed by atoms with Gasteiger partial charge in [-0.05, 0) is 12.5 Å². The van der Waals surface area contributed by atoms with Gasteiger partial charge in [0.2, 0.25) is 0 Å². The van der Waals surface area contributed by atoms with Gasteiger partial charge >= 0.3 is 0 Å². The maximum Gasteiger partial charge on any atom is 0.0945 e. The van der Waals surface area contributed by atoms with Crippen LogP contribution >= 0.6 is 0 Å². The van der Waals surface area contributed by atoms with Crippen LogP contribution in [0, 0.1) is 0 Å². The number of nitrogens with zero attached hydrogens (tertiary/aromatic N) is 2. The molecule has 0 N–H and O–H groups in total. The minimum absolute atomic E-state index is 0.719. The molecule has 0 amide bonds. The number of hydrogen-bond acceptors (Lipinski definition) is 2. The zero-order valence-corrected chi connectivity index (χ0v) is 8.75. The summed E-state index contributed by atoms with van der Waals surface area (Å²) in [6, 6.07) is 0. The molecule has 1 rings (SSSR count). The quantitative estimate of drug-likeness (QED) is 0.388. The molecule has 1 heterocycles. The molecule has 0 aliphatic carbocycles. The van der Waals surface area contributed by atoms with E-state index < -0.39 is 0 Å². The summed E-state index contributed by atoms with van der Waals surface area (Å²) in [5, 5.41) is 0. The highest BCUT2D eigenvalue weighted by molar-refractivity contribution is 5.07. The van der Waals surface area contributed by atoms with Crippen molar-refractivity contribution in [1.29, 1.82) is 0 Å². The molecular formula is C12H16N2O. The first-order valence-corrected chi connectivity index (χ1v) is 4.95. The van der Waals surface area contributed by atoms with Crippen molar-refractivity contribution in [2.45, 2.75) is 13.0 Å². The largest absolute Gasteiger partial charge is 0.501 e. The van der Waals surface area contributed by atoms with Gasteiger partial charge in [-0.2, -0.15) is 0 Å². The first-order chi connectivity index (χ1) is 7.43. The fourth-order valence-corrected chi connectivity index (χ4v) is 1.06. The van der Waals surface area contributed by atoms with E-state index in [9.17, 15) is 0 Å². The summed E-state index contributed by atoms with van der Waals surface area (Å²) in [4.78, 5) is 3.96. The van der Waals surface area contributed by atoms with E-state index in [-0.39, 0.29) is 0 Å². The van der Waals surface area contributed by atoms with Crippen LogP contribution in [0.15, 0.2) is 55.9 Å². The lowest BCUT2D eigenvalue weighted by atomic mass is 10.4. The molecule has 15 heavy (non-hydrogen) atoms. The van der Waals surface area contributed by atoms with Crippen LogP contribution in [0.3, 0.4) is 0 Å². The second-order valence-corrected chi connectivity index (χ2v) is 2.97. The second-order valence-electron chi connectivity index (χ2n) is 2.97. The number of aromatic nitrogens is 2. The Balaban J connectivity index is 2.00. The van der Waals surface area contributed by atoms with Gasteiger partial charge in [0.15, 0.2) is 0 Å². The number of allylic oxidation sites excluding steroid dienone is 4. The minimum Gasteiger partial charge on any atom is -0.501 e. The fourth-order valence-electron chi connectivity index (χ4n) is 1.06. The Bertz CT molecular complexity index is 312. The molecule has 0 saturated heterocycles. The zero-order valence-electron chi connectivity index (χ0n) is 8.75. The Morgan fingerprint density at radius 2 is 2.27 bits per heavy atom. The van der Waals surface area contributed by atoms with E-state index >= 15 is 0 Å². The van der Waals surface area contributed by atoms with Crippen molar-refractivity contribution in [3.8, 4) is 0 Å². The van der Waals surface area contributed by atoms with E-state index in [4.69, 9.17) is 4.74 Å². The third-order valence-corrected chi connectivity index (χ3v) is 1.77. The Kier molecular flexibility index (Phi) is 5.74. The van der Waals surface area contributed by atoms with Crippen molar-refractivity contribution in [3.63, 3.8) is 0 Å². The van der Waals surface area contributed by atoms with E-state index in [0.717, 1.165) is 19.6 Å². The molecule has 0 unspecified atom stereocenters. The fraction of sp³-hybridized carbons (Fsp3) is 0.250. The van der Waals surface area contributed by atoms with Crippen molar-refractivity contribution >= 4 is 0 Å². The van der Waals surface area contributed by atoms with Gasteiger partial charge in [0.1, 0.15) is 0 Å². The summed E-state index contributed by atoms with van der Waals surface area (Å²) in [6.45, 7) is 5.23. The number of ether oxygens (including phenoxy) is 1. The Morgan fingerprint density at radius 3 is 3.00 bits per heavy atom. The first kappa shape index (κ1) is 11.3. The first-order valence-electron chi connectivity index (χ1n) is 4.95. The van der Waals surface area contributed by atoms with Gasteiger partial charge in [-0.15, -0.1) is 0 Å². The molecule has 0 radical (unpaired) electrons. The molecule has 0 atom stereocenters. The molecular weight excluding hydrogens is 188 g/mol. The highest BCUT2D eigenvalue weighted by Crippen LogP contribution is 1.91. The molecule has 0 aliphatic heterocycles. The predicted octanol–water partition coefficient (Wildman–Crippen LogP) is 2.55. The summed E-state index contributed by atoms with van der Waals surface area (Å²) < 4.78 is 7.31. The second kappa shape index (κ2) is 7.62. The van der Waals surface area contributed by atoms with Crippen molar-refractivity contribution in [3.05, 3.63) is 55.9 Å². The zero-order chi connectivity index (χ0) is 10.8. The number of aryl methyl sites for hydroxylation is 1. The monoisotopic (exact) mass is 204 g/mol. The number of imidazole rings is 1. The van der Waals surface area contributed by atoms with Gasteiger partial charge in [-0.25, -0.2) is 4.98 Å². The minimum atomic E-state index is 0.719. The normalized spacial score (nSPS) is 11.2. The van der Waals surface area contributed by atoms with Crippen molar-refractivity contribution < 1.29 is 4.74 Å². The summed E-state index contributed by atoms with van der Waals surface area (Å²) in [5.41, 5.74) is 0. The summed E-state index contributed by atoms with van der Waals surface area (Å²) >= 11 is 0. The molecule has 1 aromatic heterocycles. The summed E-state index contributed by atoms with van der Waals surface area (Å²) in [7, 11) is 0. The van der Waals surface area contributed by atoms with Crippen LogP contribution in [0.25, 0.3) is 0 Å². The average molecular weight is 204 g/mol. The molecule has 3 nitrogen and oxygen atoms in total. The number of hydrogen-bond donors (Lipinski definition) is 0. The summed E-state index contributed by atoms with van der Waals surface area (Å²) in [6.07, 6.45) is 15.5. The van der Waals surface area contributed by atoms with Crippen LogP contribution in [-0.4, -0.2) is 16.2 Å². The van der Waals surface area contributed by atoms with Crippen molar-refractivity contribution in [2.24, 2.45) is 0 Å². The topological polar surface area (TPSA) is 27.1 Å². The van der Waals surface area contributed by atoms with E-state index in [1.165, 1.54) is 0 Å². The lowest BCUT2D eigenvalue weighted by Gasteiger charge is -2.01. The van der Waals surface area contributed by atoms with Crippen LogP contribution in [0.5, 0.6) is 0 Å². The molecule has 3 heteroatoms. The van der Waals surface area contributed by atoms with Crippen LogP contribution in [0.2, 0.25) is 0 Å².